The summed E-state index contributed by atoms with van der Waals surface area (Å²) >= 11 is 6.43. The van der Waals surface area contributed by atoms with Crippen molar-refractivity contribution < 1.29 is 36.3 Å². The van der Waals surface area contributed by atoms with Crippen LogP contribution >= 0.6 is 11.6 Å². The van der Waals surface area contributed by atoms with E-state index in [0.717, 1.165) is 29.9 Å². The number of hydrogen-bond acceptors (Lipinski definition) is 6. The SMILES string of the molecule is Cn1c(-c2cn(CC3CC(F)(F)C3)nc2C(F)(F)F)cnc1C(=O)Nc1ccc(C(=O)N2CCN(C(=O)NC3CC(N)C3)CC2)c(Cl)c1. The van der Waals surface area contributed by atoms with E-state index in [2.05, 4.69) is 20.7 Å². The number of alkyl halides is 5. The number of urea groups is 1. The Morgan fingerprint density at radius 2 is 1.75 bits per heavy atom. The number of rotatable bonds is 7. The number of hydrogen-bond donors (Lipinski definition) is 3. The number of nitrogens with one attached hydrogen (secondary N) is 2. The fourth-order valence-corrected chi connectivity index (χ4v) is 6.50. The molecule has 4 amide bonds. The summed E-state index contributed by atoms with van der Waals surface area (Å²) in [6.45, 7) is 1.19. The molecule has 1 saturated heterocycles. The Morgan fingerprint density at radius 3 is 2.35 bits per heavy atom. The summed E-state index contributed by atoms with van der Waals surface area (Å²) in [4.78, 5) is 46.1. The highest BCUT2D eigenvalue weighted by Crippen LogP contribution is 2.44. The number of nitrogens with two attached hydrogens (primary N) is 1. The van der Waals surface area contributed by atoms with Crippen LogP contribution in [-0.2, 0) is 19.8 Å². The number of benzene rings is 1. The maximum atomic E-state index is 13.9. The van der Waals surface area contributed by atoms with Gasteiger partial charge >= 0.3 is 12.2 Å². The van der Waals surface area contributed by atoms with Crippen LogP contribution in [-0.4, -0.2) is 91.2 Å². The van der Waals surface area contributed by atoms with Crippen LogP contribution in [0.3, 0.4) is 0 Å². The monoisotopic (exact) mass is 697 g/mol. The van der Waals surface area contributed by atoms with Gasteiger partial charge in [0.1, 0.15) is 0 Å². The lowest BCUT2D eigenvalue weighted by molar-refractivity contribution is -0.141. The molecule has 6 rings (SSSR count). The van der Waals surface area contributed by atoms with Crippen molar-refractivity contribution in [3.05, 3.63) is 52.7 Å². The van der Waals surface area contributed by atoms with Crippen molar-refractivity contribution >= 4 is 35.1 Å². The molecule has 3 heterocycles. The molecule has 12 nitrogen and oxygen atoms in total. The smallest absolute Gasteiger partial charge is 0.335 e. The quantitative estimate of drug-likeness (QED) is 0.316. The van der Waals surface area contributed by atoms with E-state index >= 15 is 0 Å². The van der Waals surface area contributed by atoms with Gasteiger partial charge in [0.25, 0.3) is 11.8 Å². The van der Waals surface area contributed by atoms with E-state index in [9.17, 15) is 36.3 Å². The Kier molecular flexibility index (Phi) is 8.87. The van der Waals surface area contributed by atoms with E-state index in [1.54, 1.807) is 9.80 Å². The Balaban J connectivity index is 1.09. The molecule has 0 unspecified atom stereocenters. The molecule has 2 saturated carbocycles. The van der Waals surface area contributed by atoms with Crippen molar-refractivity contribution in [2.45, 2.75) is 56.4 Å². The second-order valence-electron chi connectivity index (χ2n) is 12.6. The standard InChI is InChI=1S/C30H33ClF5N9O3/c1-42-23(21-15-45(41-24(21)30(34,35)36)14-16-11-29(32,33)12-16)13-38-25(42)26(46)39-18-2-3-20(22(31)10-18)27(47)43-4-6-44(7-5-43)28(48)40-19-8-17(37)9-19/h2-3,10,13,15-17,19H,4-9,11-12,14,37H2,1H3,(H,39,46)(H,40,48). The molecule has 0 radical (unpaired) electrons. The van der Waals surface area contributed by atoms with Crippen molar-refractivity contribution in [1.29, 1.82) is 0 Å². The highest BCUT2D eigenvalue weighted by molar-refractivity contribution is 6.34. The molecule has 1 aliphatic heterocycles. The number of carbonyl (C=O) groups is 3. The summed E-state index contributed by atoms with van der Waals surface area (Å²) in [5, 5.41) is 9.21. The minimum Gasteiger partial charge on any atom is -0.335 e. The van der Waals surface area contributed by atoms with E-state index in [1.165, 1.54) is 29.8 Å². The van der Waals surface area contributed by atoms with Gasteiger partial charge in [0.15, 0.2) is 11.5 Å². The van der Waals surface area contributed by atoms with Gasteiger partial charge < -0.3 is 30.7 Å². The number of aromatic nitrogens is 4. The molecule has 48 heavy (non-hydrogen) atoms. The van der Waals surface area contributed by atoms with Crippen LogP contribution in [0.1, 0.15) is 52.4 Å². The lowest BCUT2D eigenvalue weighted by atomic mass is 9.81. The van der Waals surface area contributed by atoms with Gasteiger partial charge in [-0.15, -0.1) is 0 Å². The molecule has 18 heteroatoms. The molecule has 3 aromatic rings. The van der Waals surface area contributed by atoms with Crippen molar-refractivity contribution in [1.82, 2.24) is 34.4 Å². The number of carbonyl (C=O) groups excluding carboxylic acids is 3. The predicted octanol–water partition coefficient (Wildman–Crippen LogP) is 4.21. The lowest BCUT2D eigenvalue weighted by Crippen LogP contribution is -2.57. The zero-order valence-corrected chi connectivity index (χ0v) is 26.5. The van der Waals surface area contributed by atoms with Crippen LogP contribution in [0, 0.1) is 5.92 Å². The summed E-state index contributed by atoms with van der Waals surface area (Å²) in [6, 6.07) is 4.28. The van der Waals surface area contributed by atoms with Crippen LogP contribution in [0.4, 0.5) is 32.4 Å². The van der Waals surface area contributed by atoms with Crippen molar-refractivity contribution in [3.63, 3.8) is 0 Å². The van der Waals surface area contributed by atoms with Gasteiger partial charge in [-0.1, -0.05) is 11.6 Å². The Hall–Kier alpha value is -4.25. The highest BCUT2D eigenvalue weighted by Gasteiger charge is 2.46. The number of anilines is 1. The third-order valence-electron chi connectivity index (χ3n) is 8.93. The summed E-state index contributed by atoms with van der Waals surface area (Å²) in [7, 11) is 1.36. The average molecular weight is 698 g/mol. The molecule has 3 fully saturated rings. The minimum absolute atomic E-state index is 0.0542. The number of amides is 4. The summed E-state index contributed by atoms with van der Waals surface area (Å²) in [5.41, 5.74) is 4.55. The second-order valence-corrected chi connectivity index (χ2v) is 13.0. The first kappa shape index (κ1) is 33.6. The Bertz CT molecular complexity index is 1720. The van der Waals surface area contributed by atoms with Crippen LogP contribution in [0.2, 0.25) is 5.02 Å². The fraction of sp³-hybridized carbons (Fsp3) is 0.500. The topological polar surface area (TPSA) is 143 Å². The molecule has 1 aromatic carbocycles. The van der Waals surface area contributed by atoms with Crippen molar-refractivity contribution in [2.24, 2.45) is 18.7 Å². The molecule has 258 valence electrons. The molecule has 0 spiro atoms. The highest BCUT2D eigenvalue weighted by atomic mass is 35.5. The molecule has 4 N–H and O–H groups in total. The minimum atomic E-state index is -4.85. The van der Waals surface area contributed by atoms with E-state index < -0.39 is 42.5 Å². The predicted molar refractivity (Wildman–Crippen MR) is 164 cm³/mol. The number of piperazine rings is 1. The molecule has 0 atom stereocenters. The summed E-state index contributed by atoms with van der Waals surface area (Å²) < 4.78 is 70.3. The van der Waals surface area contributed by atoms with Gasteiger partial charge in [-0.3, -0.25) is 14.3 Å². The lowest BCUT2D eigenvalue weighted by Gasteiger charge is -2.38. The number of halogens is 6. The Labute approximate surface area is 276 Å². The molecule has 2 aliphatic carbocycles. The summed E-state index contributed by atoms with van der Waals surface area (Å²) in [6.07, 6.45) is -1.99. The maximum absolute atomic E-state index is 13.9. The van der Waals surface area contributed by atoms with E-state index in [-0.39, 0.29) is 63.9 Å². The zero-order chi connectivity index (χ0) is 34.5. The van der Waals surface area contributed by atoms with Crippen LogP contribution in [0.5, 0.6) is 0 Å². The Morgan fingerprint density at radius 1 is 1.08 bits per heavy atom. The van der Waals surface area contributed by atoms with Crippen molar-refractivity contribution in [2.75, 3.05) is 31.5 Å². The molecule has 3 aliphatic rings. The largest absolute Gasteiger partial charge is 0.435 e. The molecular formula is C30H33ClF5N9O3. The summed E-state index contributed by atoms with van der Waals surface area (Å²) in [5.74, 6) is -4.64. The van der Waals surface area contributed by atoms with E-state index in [4.69, 9.17) is 17.3 Å². The van der Waals surface area contributed by atoms with Crippen LogP contribution < -0.4 is 16.4 Å². The first-order valence-electron chi connectivity index (χ1n) is 15.3. The third-order valence-corrected chi connectivity index (χ3v) is 9.24. The number of nitrogens with zero attached hydrogens (tertiary/aromatic N) is 6. The van der Waals surface area contributed by atoms with Crippen molar-refractivity contribution in [3.8, 4) is 11.3 Å². The fourth-order valence-electron chi connectivity index (χ4n) is 6.24. The van der Waals surface area contributed by atoms with E-state index in [1.807, 2.05) is 0 Å². The zero-order valence-electron chi connectivity index (χ0n) is 25.7. The van der Waals surface area contributed by atoms with Gasteiger partial charge in [-0.25, -0.2) is 18.6 Å². The second kappa shape index (κ2) is 12.7. The van der Waals surface area contributed by atoms with E-state index in [0.29, 0.717) is 26.2 Å². The van der Waals surface area contributed by atoms with Gasteiger partial charge in [-0.2, -0.15) is 18.3 Å². The maximum Gasteiger partial charge on any atom is 0.435 e. The third kappa shape index (κ3) is 6.97. The normalized spacial score (nSPS) is 21.0. The van der Waals surface area contributed by atoms with Gasteiger partial charge in [0, 0.05) is 76.6 Å². The average Bonchev–Trinajstić information content (AvgIpc) is 3.58. The molecular weight excluding hydrogens is 665 g/mol. The van der Waals surface area contributed by atoms with Crippen LogP contribution in [0.25, 0.3) is 11.3 Å². The first-order valence-corrected chi connectivity index (χ1v) is 15.7. The van der Waals surface area contributed by atoms with Gasteiger partial charge in [0.2, 0.25) is 5.92 Å². The number of imidazole rings is 1. The van der Waals surface area contributed by atoms with Gasteiger partial charge in [0.05, 0.1) is 28.0 Å². The van der Waals surface area contributed by atoms with Gasteiger partial charge in [-0.05, 0) is 37.0 Å². The van der Waals surface area contributed by atoms with Crippen LogP contribution in [0.15, 0.2) is 30.6 Å². The first-order chi connectivity index (χ1) is 22.6. The molecule has 2 aromatic heterocycles. The molecule has 0 bridgehead atoms.